The molecule has 1 aliphatic rings. The number of esters is 1. The fourth-order valence-corrected chi connectivity index (χ4v) is 3.31. The highest BCUT2D eigenvalue weighted by atomic mass is 16.5. The Balaban J connectivity index is 1.87. The summed E-state index contributed by atoms with van der Waals surface area (Å²) in [6, 6.07) is 8.21. The molecule has 2 heterocycles. The van der Waals surface area contributed by atoms with Crippen molar-refractivity contribution in [1.82, 2.24) is 9.88 Å². The van der Waals surface area contributed by atoms with Crippen LogP contribution in [0.2, 0.25) is 0 Å². The second-order valence-electron chi connectivity index (χ2n) is 6.09. The van der Waals surface area contributed by atoms with Gasteiger partial charge in [0.15, 0.2) is 0 Å². The van der Waals surface area contributed by atoms with Crippen LogP contribution in [-0.2, 0) is 17.7 Å². The lowest BCUT2D eigenvalue weighted by Crippen LogP contribution is -2.36. The Labute approximate surface area is 141 Å². The van der Waals surface area contributed by atoms with Gasteiger partial charge >= 0.3 is 5.97 Å². The molecule has 0 saturated carbocycles. The molecule has 0 bridgehead atoms. The van der Waals surface area contributed by atoms with Gasteiger partial charge in [0.25, 0.3) is 5.91 Å². The highest BCUT2D eigenvalue weighted by molar-refractivity contribution is 6.01. The number of nitrogens with one attached hydrogen (secondary N) is 1. The van der Waals surface area contributed by atoms with E-state index < -0.39 is 5.97 Å². The topological polar surface area (TPSA) is 62.4 Å². The van der Waals surface area contributed by atoms with Gasteiger partial charge in [0.1, 0.15) is 5.69 Å². The third-order valence-electron chi connectivity index (χ3n) is 4.55. The van der Waals surface area contributed by atoms with Crippen molar-refractivity contribution in [3.05, 3.63) is 57.9 Å². The average molecular weight is 326 g/mol. The minimum atomic E-state index is -0.416. The Bertz CT molecular complexity index is 792. The van der Waals surface area contributed by atoms with E-state index in [1.165, 1.54) is 11.1 Å². The fraction of sp³-hybridized carbons (Fsp3) is 0.368. The zero-order valence-corrected chi connectivity index (χ0v) is 14.3. The molecule has 3 rings (SSSR count). The molecule has 1 amide bonds. The van der Waals surface area contributed by atoms with E-state index in [4.69, 9.17) is 4.74 Å². The van der Waals surface area contributed by atoms with Gasteiger partial charge in [-0.15, -0.1) is 0 Å². The van der Waals surface area contributed by atoms with Crippen LogP contribution in [0.5, 0.6) is 0 Å². The van der Waals surface area contributed by atoms with Gasteiger partial charge in [-0.25, -0.2) is 4.79 Å². The molecule has 24 heavy (non-hydrogen) atoms. The molecule has 0 radical (unpaired) electrons. The maximum absolute atomic E-state index is 13.0. The van der Waals surface area contributed by atoms with Crippen molar-refractivity contribution in [2.24, 2.45) is 0 Å². The van der Waals surface area contributed by atoms with Crippen LogP contribution in [0.4, 0.5) is 0 Å². The predicted molar refractivity (Wildman–Crippen MR) is 91.1 cm³/mol. The molecule has 1 N–H and O–H groups in total. The van der Waals surface area contributed by atoms with Crippen molar-refractivity contribution in [2.45, 2.75) is 33.7 Å². The lowest BCUT2D eigenvalue weighted by molar-refractivity contribution is 0.0519. The number of carbonyl (C=O) groups is 2. The molecule has 126 valence electrons. The van der Waals surface area contributed by atoms with Crippen LogP contribution >= 0.6 is 0 Å². The summed E-state index contributed by atoms with van der Waals surface area (Å²) in [4.78, 5) is 29.9. The van der Waals surface area contributed by atoms with E-state index >= 15 is 0 Å². The highest BCUT2D eigenvalue weighted by Gasteiger charge is 2.28. The number of aromatic amines is 1. The van der Waals surface area contributed by atoms with Gasteiger partial charge in [0.05, 0.1) is 12.2 Å². The first-order valence-corrected chi connectivity index (χ1v) is 8.25. The number of benzene rings is 1. The van der Waals surface area contributed by atoms with E-state index in [0.29, 0.717) is 42.2 Å². The first-order chi connectivity index (χ1) is 11.5. The number of aryl methyl sites for hydroxylation is 1. The number of aromatic nitrogens is 1. The standard InChI is InChI=1S/C19H22N2O3/c1-4-24-19(23)17-12(2)16(13(3)20-17)18(22)21-10-9-14-7-5-6-8-15(14)11-21/h5-8,20H,4,9-11H2,1-3H3. The summed E-state index contributed by atoms with van der Waals surface area (Å²) >= 11 is 0. The van der Waals surface area contributed by atoms with Crippen LogP contribution in [-0.4, -0.2) is 34.9 Å². The average Bonchev–Trinajstić information content (AvgIpc) is 2.88. The first kappa shape index (κ1) is 16.3. The Morgan fingerprint density at radius 1 is 1.21 bits per heavy atom. The smallest absolute Gasteiger partial charge is 0.355 e. The number of hydrogen-bond acceptors (Lipinski definition) is 3. The first-order valence-electron chi connectivity index (χ1n) is 8.25. The number of rotatable bonds is 3. The molecule has 2 aromatic rings. The van der Waals surface area contributed by atoms with Crippen molar-refractivity contribution < 1.29 is 14.3 Å². The molecule has 5 heteroatoms. The molecule has 0 fully saturated rings. The van der Waals surface area contributed by atoms with Crippen LogP contribution < -0.4 is 0 Å². The van der Waals surface area contributed by atoms with Gasteiger partial charge in [-0.1, -0.05) is 24.3 Å². The van der Waals surface area contributed by atoms with Crippen LogP contribution in [0.1, 0.15) is 50.2 Å². The number of amides is 1. The summed E-state index contributed by atoms with van der Waals surface area (Å²) in [5, 5.41) is 0. The number of hydrogen-bond donors (Lipinski definition) is 1. The quantitative estimate of drug-likeness (QED) is 0.882. The van der Waals surface area contributed by atoms with Crippen molar-refractivity contribution >= 4 is 11.9 Å². The predicted octanol–water partition coefficient (Wildman–Crippen LogP) is 3.01. The number of H-pyrrole nitrogens is 1. The molecular formula is C19H22N2O3. The van der Waals surface area contributed by atoms with Crippen LogP contribution in [0.15, 0.2) is 24.3 Å². The van der Waals surface area contributed by atoms with E-state index in [2.05, 4.69) is 17.1 Å². The van der Waals surface area contributed by atoms with E-state index in [1.807, 2.05) is 24.0 Å². The highest BCUT2D eigenvalue weighted by Crippen LogP contribution is 2.24. The second-order valence-corrected chi connectivity index (χ2v) is 6.09. The number of nitrogens with zero attached hydrogens (tertiary/aromatic N) is 1. The van der Waals surface area contributed by atoms with Gasteiger partial charge in [-0.2, -0.15) is 0 Å². The molecule has 5 nitrogen and oxygen atoms in total. The lowest BCUT2D eigenvalue weighted by Gasteiger charge is -2.29. The molecule has 0 spiro atoms. The van der Waals surface area contributed by atoms with E-state index in [-0.39, 0.29) is 5.91 Å². The minimum Gasteiger partial charge on any atom is -0.461 e. The Kier molecular flexibility index (Phi) is 4.42. The van der Waals surface area contributed by atoms with Crippen molar-refractivity contribution in [3.63, 3.8) is 0 Å². The number of fused-ring (bicyclic) bond motifs is 1. The van der Waals surface area contributed by atoms with E-state index in [1.54, 1.807) is 13.8 Å². The van der Waals surface area contributed by atoms with Crippen molar-refractivity contribution in [2.75, 3.05) is 13.2 Å². The molecule has 1 aromatic heterocycles. The molecule has 0 aliphatic carbocycles. The molecule has 1 aliphatic heterocycles. The van der Waals surface area contributed by atoms with E-state index in [9.17, 15) is 9.59 Å². The summed E-state index contributed by atoms with van der Waals surface area (Å²) in [5.74, 6) is -0.451. The summed E-state index contributed by atoms with van der Waals surface area (Å²) in [6.45, 7) is 6.98. The summed E-state index contributed by atoms with van der Waals surface area (Å²) in [6.07, 6.45) is 0.856. The molecule has 0 unspecified atom stereocenters. The van der Waals surface area contributed by atoms with Crippen LogP contribution in [0.25, 0.3) is 0 Å². The van der Waals surface area contributed by atoms with Crippen molar-refractivity contribution in [3.8, 4) is 0 Å². The van der Waals surface area contributed by atoms with Gasteiger partial charge in [0, 0.05) is 18.8 Å². The zero-order chi connectivity index (χ0) is 17.3. The largest absolute Gasteiger partial charge is 0.461 e. The van der Waals surface area contributed by atoms with Crippen LogP contribution in [0.3, 0.4) is 0 Å². The van der Waals surface area contributed by atoms with Gasteiger partial charge in [0.2, 0.25) is 0 Å². The fourth-order valence-electron chi connectivity index (χ4n) is 3.31. The Hall–Kier alpha value is -2.56. The minimum absolute atomic E-state index is 0.0358. The van der Waals surface area contributed by atoms with Gasteiger partial charge < -0.3 is 14.6 Å². The second kappa shape index (κ2) is 6.51. The van der Waals surface area contributed by atoms with Gasteiger partial charge in [-0.05, 0) is 43.9 Å². The number of carbonyl (C=O) groups excluding carboxylic acids is 2. The maximum Gasteiger partial charge on any atom is 0.355 e. The summed E-state index contributed by atoms with van der Waals surface area (Å²) in [7, 11) is 0. The SMILES string of the molecule is CCOC(=O)c1[nH]c(C)c(C(=O)N2CCc3ccccc3C2)c1C. The molecule has 1 aromatic carbocycles. The van der Waals surface area contributed by atoms with Crippen LogP contribution in [0, 0.1) is 13.8 Å². The third kappa shape index (κ3) is 2.82. The third-order valence-corrected chi connectivity index (χ3v) is 4.55. The summed E-state index contributed by atoms with van der Waals surface area (Å²) in [5.41, 5.74) is 4.81. The lowest BCUT2D eigenvalue weighted by atomic mass is 9.98. The Morgan fingerprint density at radius 3 is 2.62 bits per heavy atom. The molecule has 0 saturated heterocycles. The normalized spacial score (nSPS) is 13.5. The van der Waals surface area contributed by atoms with E-state index in [0.717, 1.165) is 6.42 Å². The zero-order valence-electron chi connectivity index (χ0n) is 14.3. The maximum atomic E-state index is 13.0. The number of ether oxygens (including phenoxy) is 1. The Morgan fingerprint density at radius 2 is 1.92 bits per heavy atom. The summed E-state index contributed by atoms with van der Waals surface area (Å²) < 4.78 is 5.05. The van der Waals surface area contributed by atoms with Gasteiger partial charge in [-0.3, -0.25) is 4.79 Å². The molecular weight excluding hydrogens is 304 g/mol. The monoisotopic (exact) mass is 326 g/mol. The van der Waals surface area contributed by atoms with Crippen molar-refractivity contribution in [1.29, 1.82) is 0 Å². The molecule has 0 atom stereocenters.